The molecule has 0 saturated heterocycles. The van der Waals surface area contributed by atoms with Crippen LogP contribution in [0.25, 0.3) is 0 Å². The van der Waals surface area contributed by atoms with Gasteiger partial charge >= 0.3 is 12.6 Å². The molecule has 2 rings (SSSR count). The first-order valence-corrected chi connectivity index (χ1v) is 7.79. The van der Waals surface area contributed by atoms with Crippen LogP contribution >= 0.6 is 15.9 Å². The number of esters is 1. The summed E-state index contributed by atoms with van der Waals surface area (Å²) >= 11 is 3.36. The summed E-state index contributed by atoms with van der Waals surface area (Å²) in [6, 6.07) is 11.2. The van der Waals surface area contributed by atoms with Crippen LogP contribution in [-0.2, 0) is 22.6 Å². The van der Waals surface area contributed by atoms with Crippen LogP contribution in [0.1, 0.15) is 11.1 Å². The number of rotatable bonds is 7. The SMILES string of the molecule is COc1ccc(COC(=O)Cc2ccc(OC(F)F)cc2)cc1Br. The van der Waals surface area contributed by atoms with E-state index < -0.39 is 12.6 Å². The molecular formula is C17H15BrF2O4. The Morgan fingerprint density at radius 3 is 2.38 bits per heavy atom. The monoisotopic (exact) mass is 400 g/mol. The predicted molar refractivity (Wildman–Crippen MR) is 87.3 cm³/mol. The molecule has 0 N–H and O–H groups in total. The minimum Gasteiger partial charge on any atom is -0.496 e. The zero-order chi connectivity index (χ0) is 17.5. The molecule has 4 nitrogen and oxygen atoms in total. The molecule has 0 aliphatic carbocycles. The van der Waals surface area contributed by atoms with E-state index in [4.69, 9.17) is 9.47 Å². The molecule has 0 amide bonds. The Kier molecular flexibility index (Phi) is 6.54. The first-order chi connectivity index (χ1) is 11.5. The molecule has 128 valence electrons. The average Bonchev–Trinajstić information content (AvgIpc) is 2.54. The van der Waals surface area contributed by atoms with Crippen LogP contribution in [0.2, 0.25) is 0 Å². The van der Waals surface area contributed by atoms with Crippen molar-refractivity contribution in [1.82, 2.24) is 0 Å². The molecule has 0 aliphatic heterocycles. The van der Waals surface area contributed by atoms with Crippen molar-refractivity contribution >= 4 is 21.9 Å². The zero-order valence-corrected chi connectivity index (χ0v) is 14.4. The summed E-state index contributed by atoms with van der Waals surface area (Å²) in [6.45, 7) is -2.74. The van der Waals surface area contributed by atoms with Crippen molar-refractivity contribution in [3.05, 3.63) is 58.1 Å². The highest BCUT2D eigenvalue weighted by Gasteiger charge is 2.08. The van der Waals surface area contributed by atoms with Gasteiger partial charge in [-0.2, -0.15) is 8.78 Å². The van der Waals surface area contributed by atoms with Crippen molar-refractivity contribution in [3.63, 3.8) is 0 Å². The van der Waals surface area contributed by atoms with E-state index in [2.05, 4.69) is 20.7 Å². The lowest BCUT2D eigenvalue weighted by Crippen LogP contribution is -2.08. The molecule has 0 bridgehead atoms. The first kappa shape index (κ1) is 18.2. The standard InChI is InChI=1S/C17H15BrF2O4/c1-22-15-7-4-12(8-14(15)18)10-23-16(21)9-11-2-5-13(6-3-11)24-17(19)20/h2-8,17H,9-10H2,1H3. The summed E-state index contributed by atoms with van der Waals surface area (Å²) in [7, 11) is 1.57. The van der Waals surface area contributed by atoms with Gasteiger partial charge in [0.15, 0.2) is 0 Å². The quantitative estimate of drug-likeness (QED) is 0.648. The highest BCUT2D eigenvalue weighted by Crippen LogP contribution is 2.25. The minimum atomic E-state index is -2.87. The molecule has 2 aromatic rings. The second-order valence-electron chi connectivity index (χ2n) is 4.83. The Morgan fingerprint density at radius 2 is 1.79 bits per heavy atom. The maximum Gasteiger partial charge on any atom is 0.387 e. The predicted octanol–water partition coefficient (Wildman–Crippen LogP) is 4.35. The van der Waals surface area contributed by atoms with Crippen molar-refractivity contribution < 1.29 is 27.8 Å². The van der Waals surface area contributed by atoms with Crippen LogP contribution in [0.3, 0.4) is 0 Å². The fourth-order valence-corrected chi connectivity index (χ4v) is 2.56. The largest absolute Gasteiger partial charge is 0.496 e. The van der Waals surface area contributed by atoms with E-state index in [1.165, 1.54) is 12.1 Å². The molecule has 0 radical (unpaired) electrons. The van der Waals surface area contributed by atoms with E-state index >= 15 is 0 Å². The molecule has 0 spiro atoms. The number of hydrogen-bond donors (Lipinski definition) is 0. The van der Waals surface area contributed by atoms with Gasteiger partial charge in [0.25, 0.3) is 0 Å². The lowest BCUT2D eigenvalue weighted by atomic mass is 10.1. The van der Waals surface area contributed by atoms with Crippen LogP contribution < -0.4 is 9.47 Å². The van der Waals surface area contributed by atoms with Crippen LogP contribution in [0.15, 0.2) is 46.9 Å². The van der Waals surface area contributed by atoms with Gasteiger partial charge in [0, 0.05) is 0 Å². The smallest absolute Gasteiger partial charge is 0.387 e. The number of alkyl halides is 2. The van der Waals surface area contributed by atoms with Gasteiger partial charge < -0.3 is 14.2 Å². The molecule has 0 unspecified atom stereocenters. The summed E-state index contributed by atoms with van der Waals surface area (Å²) in [4.78, 5) is 11.8. The van der Waals surface area contributed by atoms with Crippen molar-refractivity contribution in [3.8, 4) is 11.5 Å². The van der Waals surface area contributed by atoms with Gasteiger partial charge in [-0.15, -0.1) is 0 Å². The summed E-state index contributed by atoms with van der Waals surface area (Å²) in [5.41, 5.74) is 1.47. The van der Waals surface area contributed by atoms with Gasteiger partial charge in [-0.3, -0.25) is 4.79 Å². The van der Waals surface area contributed by atoms with Crippen molar-refractivity contribution in [1.29, 1.82) is 0 Å². The van der Waals surface area contributed by atoms with E-state index in [0.717, 1.165) is 10.0 Å². The Labute approximate surface area is 146 Å². The maximum atomic E-state index is 12.1. The Hall–Kier alpha value is -2.15. The molecular weight excluding hydrogens is 386 g/mol. The molecule has 7 heteroatoms. The van der Waals surface area contributed by atoms with E-state index in [9.17, 15) is 13.6 Å². The molecule has 0 aromatic heterocycles. The van der Waals surface area contributed by atoms with Crippen molar-refractivity contribution in [2.75, 3.05) is 7.11 Å². The van der Waals surface area contributed by atoms with Gasteiger partial charge in [-0.1, -0.05) is 18.2 Å². The third kappa shape index (κ3) is 5.49. The fourth-order valence-electron chi connectivity index (χ4n) is 1.97. The zero-order valence-electron chi connectivity index (χ0n) is 12.8. The molecule has 0 fully saturated rings. The molecule has 0 heterocycles. The van der Waals surface area contributed by atoms with Gasteiger partial charge in [0.2, 0.25) is 0 Å². The highest BCUT2D eigenvalue weighted by molar-refractivity contribution is 9.10. The van der Waals surface area contributed by atoms with Crippen LogP contribution in [0, 0.1) is 0 Å². The number of benzene rings is 2. The van der Waals surface area contributed by atoms with Gasteiger partial charge in [-0.05, 0) is 51.3 Å². The third-order valence-electron chi connectivity index (χ3n) is 3.11. The summed E-state index contributed by atoms with van der Waals surface area (Å²) < 4.78 is 39.5. The molecule has 0 aliphatic rings. The van der Waals surface area contributed by atoms with Gasteiger partial charge in [0.1, 0.15) is 18.1 Å². The van der Waals surface area contributed by atoms with Crippen molar-refractivity contribution in [2.45, 2.75) is 19.6 Å². The Bertz CT molecular complexity index is 689. The summed E-state index contributed by atoms with van der Waals surface area (Å²) in [5, 5.41) is 0. The maximum absolute atomic E-state index is 12.1. The summed E-state index contributed by atoms with van der Waals surface area (Å²) in [5.74, 6) is 0.325. The number of ether oxygens (including phenoxy) is 3. The van der Waals surface area contributed by atoms with E-state index in [1.807, 2.05) is 6.07 Å². The number of carbonyl (C=O) groups is 1. The minimum absolute atomic E-state index is 0.0465. The fraction of sp³-hybridized carbons (Fsp3) is 0.235. The normalized spacial score (nSPS) is 10.5. The third-order valence-corrected chi connectivity index (χ3v) is 3.73. The van der Waals surface area contributed by atoms with Crippen LogP contribution in [0.5, 0.6) is 11.5 Å². The average molecular weight is 401 g/mol. The number of carbonyl (C=O) groups excluding carboxylic acids is 1. The Morgan fingerprint density at radius 1 is 1.12 bits per heavy atom. The van der Waals surface area contributed by atoms with E-state index in [0.29, 0.717) is 11.3 Å². The summed E-state index contributed by atoms with van der Waals surface area (Å²) in [6.07, 6.45) is 0.0479. The van der Waals surface area contributed by atoms with E-state index in [-0.39, 0.29) is 18.8 Å². The molecule has 0 atom stereocenters. The highest BCUT2D eigenvalue weighted by atomic mass is 79.9. The Balaban J connectivity index is 1.85. The second-order valence-corrected chi connectivity index (χ2v) is 5.68. The topological polar surface area (TPSA) is 44.8 Å². The molecule has 24 heavy (non-hydrogen) atoms. The van der Waals surface area contributed by atoms with Crippen LogP contribution in [-0.4, -0.2) is 19.7 Å². The number of halogens is 3. The van der Waals surface area contributed by atoms with Gasteiger partial charge in [-0.25, -0.2) is 0 Å². The van der Waals surface area contributed by atoms with Crippen LogP contribution in [0.4, 0.5) is 8.78 Å². The first-order valence-electron chi connectivity index (χ1n) is 6.99. The van der Waals surface area contributed by atoms with Crippen molar-refractivity contribution in [2.24, 2.45) is 0 Å². The second kappa shape index (κ2) is 8.63. The molecule has 2 aromatic carbocycles. The lowest BCUT2D eigenvalue weighted by Gasteiger charge is -2.08. The lowest BCUT2D eigenvalue weighted by molar-refractivity contribution is -0.144. The number of methoxy groups -OCH3 is 1. The van der Waals surface area contributed by atoms with E-state index in [1.54, 1.807) is 31.4 Å². The molecule has 0 saturated carbocycles. The van der Waals surface area contributed by atoms with Gasteiger partial charge in [0.05, 0.1) is 18.0 Å². The number of hydrogen-bond acceptors (Lipinski definition) is 4.